The van der Waals surface area contributed by atoms with Crippen LogP contribution in [0.4, 0.5) is 0 Å². The predicted octanol–water partition coefficient (Wildman–Crippen LogP) is 10.2. The number of hydrogen-bond donors (Lipinski definition) is 3. The number of aliphatic carboxylic acids is 3. The van der Waals surface area contributed by atoms with E-state index in [9.17, 15) is 14.4 Å². The van der Waals surface area contributed by atoms with Crippen LogP contribution < -0.4 is 0 Å². The molecule has 2 radical (unpaired) electrons. The molecule has 0 rings (SSSR count). The minimum atomic E-state index is -0.699. The van der Waals surface area contributed by atoms with Gasteiger partial charge in [0, 0.05) is 0 Å². The average molecular weight is 790 g/mol. The fourth-order valence-corrected chi connectivity index (χ4v) is 8.09. The summed E-state index contributed by atoms with van der Waals surface area (Å²) in [7, 11) is 0. The maximum absolute atomic E-state index is 10.3. The van der Waals surface area contributed by atoms with Crippen LogP contribution in [0.2, 0.25) is 4.44 Å². The summed E-state index contributed by atoms with van der Waals surface area (Å²) in [5.41, 5.74) is 0. The van der Waals surface area contributed by atoms with Crippen LogP contribution in [0.1, 0.15) is 138 Å². The third-order valence-corrected chi connectivity index (χ3v) is 11.6. The normalized spacial score (nSPS) is 12.3. The number of carboxylic acids is 3. The first-order valence-corrected chi connectivity index (χ1v) is 22.9. The Morgan fingerprint density at radius 1 is 0.500 bits per heavy atom. The first-order valence-electron chi connectivity index (χ1n) is 17.1. The number of hydrogen-bond acceptors (Lipinski definition) is 6. The van der Waals surface area contributed by atoms with Crippen molar-refractivity contribution in [2.45, 2.75) is 143 Å². The van der Waals surface area contributed by atoms with Crippen molar-refractivity contribution >= 4 is 75.7 Å². The van der Waals surface area contributed by atoms with Gasteiger partial charge in [0.25, 0.3) is 0 Å². The van der Waals surface area contributed by atoms with E-state index in [-0.39, 0.29) is 17.3 Å². The summed E-state index contributed by atoms with van der Waals surface area (Å²) >= 11 is 6.09. The number of carboxylic acid groups (broad SMARTS) is 3. The molecular formula is C34H70O6S3Sn. The van der Waals surface area contributed by atoms with Gasteiger partial charge in [-0.15, -0.1) is 35.3 Å². The Labute approximate surface area is 298 Å². The van der Waals surface area contributed by atoms with Crippen molar-refractivity contribution in [3.63, 3.8) is 0 Å². The first-order chi connectivity index (χ1) is 21.0. The molecule has 0 aromatic carbocycles. The molecule has 0 aliphatic heterocycles. The Bertz CT molecular complexity index is 535. The molecule has 0 amide bonds. The monoisotopic (exact) mass is 790 g/mol. The van der Waals surface area contributed by atoms with Crippen molar-refractivity contribution in [1.29, 1.82) is 0 Å². The van der Waals surface area contributed by atoms with Crippen molar-refractivity contribution < 1.29 is 29.7 Å². The number of unbranched alkanes of at least 4 members (excludes halogenated alkanes) is 4. The molecule has 0 aromatic heterocycles. The van der Waals surface area contributed by atoms with Gasteiger partial charge in [0.1, 0.15) is 0 Å². The van der Waals surface area contributed by atoms with Crippen LogP contribution in [-0.4, -0.2) is 90.3 Å². The molecule has 0 fully saturated rings. The molecule has 0 heterocycles. The zero-order valence-electron chi connectivity index (χ0n) is 29.4. The summed E-state index contributed by atoms with van der Waals surface area (Å²) in [6.45, 7) is 15.4. The third-order valence-electron chi connectivity index (χ3n) is 6.92. The second-order valence-corrected chi connectivity index (χ2v) is 15.9. The van der Waals surface area contributed by atoms with Crippen LogP contribution in [0.3, 0.4) is 0 Å². The second kappa shape index (κ2) is 43.3. The molecule has 0 aliphatic rings. The molecule has 0 bridgehead atoms. The molecule has 10 heteroatoms. The summed E-state index contributed by atoms with van der Waals surface area (Å²) < 4.78 is 1.47. The van der Waals surface area contributed by atoms with Crippen LogP contribution in [0.25, 0.3) is 0 Å². The van der Waals surface area contributed by atoms with E-state index in [0.29, 0.717) is 17.8 Å². The van der Waals surface area contributed by atoms with Gasteiger partial charge in [-0.1, -0.05) is 99.3 Å². The van der Waals surface area contributed by atoms with Crippen molar-refractivity contribution in [3.8, 4) is 0 Å². The van der Waals surface area contributed by atoms with Crippen LogP contribution in [0, 0.1) is 17.8 Å². The van der Waals surface area contributed by atoms with Crippen LogP contribution in [0.5, 0.6) is 0 Å². The fraction of sp³-hybridized carbons (Fsp3) is 0.912. The van der Waals surface area contributed by atoms with E-state index in [1.807, 2.05) is 0 Å². The SMILES string of the molecule is CCCCC(CC)CSCC(=O)O.CCCCC(CC)CSCC(=O)O.CCCCC(CC)CSCC(=O)O.CCC[CH2][SnH]. The van der Waals surface area contributed by atoms with E-state index in [4.69, 9.17) is 15.3 Å². The molecule has 6 nitrogen and oxygen atoms in total. The van der Waals surface area contributed by atoms with Crippen LogP contribution in [0.15, 0.2) is 0 Å². The fourth-order valence-electron chi connectivity index (χ4n) is 3.84. The number of thioether (sulfide) groups is 3. The molecular weight excluding hydrogens is 719 g/mol. The predicted molar refractivity (Wildman–Crippen MR) is 202 cm³/mol. The zero-order valence-corrected chi connectivity index (χ0v) is 35.2. The standard InChI is InChI=1S/3C10H20O2S.C4H9.Sn.H/c3*1-3-5-6-9(4-2)7-13-8-10(11)12;1-3-4-2;;/h3*9H,3-8H2,1-2H3,(H,11,12);1,3-4H2,2H3;;. The van der Waals surface area contributed by atoms with Gasteiger partial charge in [-0.05, 0) is 54.3 Å². The van der Waals surface area contributed by atoms with Crippen molar-refractivity contribution in [3.05, 3.63) is 0 Å². The van der Waals surface area contributed by atoms with Gasteiger partial charge in [-0.2, -0.15) is 0 Å². The summed E-state index contributed by atoms with van der Waals surface area (Å²) in [5, 5.41) is 25.4. The van der Waals surface area contributed by atoms with E-state index in [1.54, 1.807) is 35.3 Å². The van der Waals surface area contributed by atoms with E-state index in [1.165, 1.54) is 117 Å². The molecule has 0 saturated heterocycles. The molecule has 3 atom stereocenters. The Balaban J connectivity index is -0.000000253. The Morgan fingerprint density at radius 3 is 0.886 bits per heavy atom. The van der Waals surface area contributed by atoms with Gasteiger partial charge >= 0.3 is 64.6 Å². The molecule has 3 N–H and O–H groups in total. The maximum atomic E-state index is 10.3. The van der Waals surface area contributed by atoms with Gasteiger partial charge in [0.05, 0.1) is 17.3 Å². The van der Waals surface area contributed by atoms with E-state index >= 15 is 0 Å². The average Bonchev–Trinajstić information content (AvgIpc) is 2.99. The van der Waals surface area contributed by atoms with E-state index in [2.05, 4.69) is 48.5 Å². The molecule has 0 spiro atoms. The summed E-state index contributed by atoms with van der Waals surface area (Å²) in [5.74, 6) is 3.81. The minimum absolute atomic E-state index is 0.253. The number of rotatable bonds is 26. The summed E-state index contributed by atoms with van der Waals surface area (Å²) in [6.07, 6.45) is 17.6. The van der Waals surface area contributed by atoms with Gasteiger partial charge in [0.15, 0.2) is 0 Å². The summed E-state index contributed by atoms with van der Waals surface area (Å²) in [4.78, 5) is 30.8. The zero-order chi connectivity index (χ0) is 34.4. The Morgan fingerprint density at radius 2 is 0.750 bits per heavy atom. The van der Waals surface area contributed by atoms with Gasteiger partial charge in [-0.25, -0.2) is 0 Å². The van der Waals surface area contributed by atoms with Crippen LogP contribution in [-0.2, 0) is 14.4 Å². The molecule has 264 valence electrons. The Kier molecular flexibility index (Phi) is 50.2. The topological polar surface area (TPSA) is 112 Å². The quantitative estimate of drug-likeness (QED) is 0.0738. The van der Waals surface area contributed by atoms with Crippen molar-refractivity contribution in [1.82, 2.24) is 0 Å². The van der Waals surface area contributed by atoms with Crippen molar-refractivity contribution in [2.75, 3.05) is 34.5 Å². The molecule has 0 aromatic rings. The molecule has 44 heavy (non-hydrogen) atoms. The molecule has 0 aliphatic carbocycles. The molecule has 3 unspecified atom stereocenters. The van der Waals surface area contributed by atoms with E-state index < -0.39 is 17.9 Å². The number of carbonyl (C=O) groups is 3. The van der Waals surface area contributed by atoms with E-state index in [0.717, 1.165) is 17.3 Å². The van der Waals surface area contributed by atoms with Crippen molar-refractivity contribution in [2.24, 2.45) is 17.8 Å². The second-order valence-electron chi connectivity index (χ2n) is 11.1. The summed E-state index contributed by atoms with van der Waals surface area (Å²) in [6, 6.07) is 0. The third kappa shape index (κ3) is 49.1. The first kappa shape index (κ1) is 51.1. The van der Waals surface area contributed by atoms with Gasteiger partial charge in [-0.3, -0.25) is 14.4 Å². The Hall–Kier alpha value is 0.259. The molecule has 0 saturated carbocycles. The van der Waals surface area contributed by atoms with Gasteiger partial charge < -0.3 is 15.3 Å². The van der Waals surface area contributed by atoms with Crippen LogP contribution >= 0.6 is 35.3 Å². The van der Waals surface area contributed by atoms with Gasteiger partial charge in [0.2, 0.25) is 0 Å².